The maximum atomic E-state index is 3.52. The van der Waals surface area contributed by atoms with Crippen LogP contribution in [0.4, 0.5) is 0 Å². The summed E-state index contributed by atoms with van der Waals surface area (Å²) in [6.07, 6.45) is 0. The third-order valence-corrected chi connectivity index (χ3v) is 4.31. The predicted molar refractivity (Wildman–Crippen MR) is 94.1 cm³/mol. The van der Waals surface area contributed by atoms with Gasteiger partial charge in [-0.3, -0.25) is 0 Å². The molecule has 0 N–H and O–H groups in total. The second-order valence-corrected chi connectivity index (χ2v) is 5.74. The van der Waals surface area contributed by atoms with Crippen molar-refractivity contribution >= 4 is 43.1 Å². The number of rotatable bonds is 0. The van der Waals surface area contributed by atoms with Gasteiger partial charge >= 0.3 is 0 Å². The number of hydrogen-bond acceptors (Lipinski definition) is 0. The van der Waals surface area contributed by atoms with Crippen molar-refractivity contribution in [2.24, 2.45) is 0 Å². The van der Waals surface area contributed by atoms with Crippen molar-refractivity contribution in [2.75, 3.05) is 0 Å². The smallest absolute Gasteiger partial charge is 0.00137 e. The molecule has 0 saturated carbocycles. The van der Waals surface area contributed by atoms with Gasteiger partial charge in [0.15, 0.2) is 0 Å². The van der Waals surface area contributed by atoms with E-state index in [1.165, 1.54) is 21.5 Å². The normalized spacial score (nSPS) is 11.6. The molecule has 22 heavy (non-hydrogen) atoms. The van der Waals surface area contributed by atoms with Gasteiger partial charge in [0.1, 0.15) is 0 Å². The summed E-state index contributed by atoms with van der Waals surface area (Å²) in [6, 6.07) is 32.8. The molecule has 0 spiro atoms. The first kappa shape index (κ1) is 11.8. The topological polar surface area (TPSA) is 0 Å². The molecule has 5 aromatic carbocycles. The van der Waals surface area contributed by atoms with Gasteiger partial charge in [-0.1, -0.05) is 48.5 Å². The third kappa shape index (κ3) is 1.71. The Morgan fingerprint density at radius 3 is 1.36 bits per heavy atom. The van der Waals surface area contributed by atoms with Crippen molar-refractivity contribution in [3.8, 4) is 0 Å². The molecule has 0 heteroatoms. The van der Waals surface area contributed by atoms with Crippen LogP contribution in [0.2, 0.25) is 0 Å². The van der Waals surface area contributed by atoms with Crippen molar-refractivity contribution in [3.63, 3.8) is 0 Å². The highest BCUT2D eigenvalue weighted by molar-refractivity contribution is 6.07. The average Bonchev–Trinajstić information content (AvgIpc) is 2.56. The Bertz CT molecular complexity index is 982. The number of benzene rings is 5. The predicted octanol–water partition coefficient (Wildman–Crippen LogP) is 5.90. The summed E-state index contributed by atoms with van der Waals surface area (Å²) in [5.41, 5.74) is 0. The van der Waals surface area contributed by atoms with Crippen LogP contribution in [-0.2, 0) is 0 Å². The second-order valence-electron chi connectivity index (χ2n) is 5.74. The van der Waals surface area contributed by atoms with Gasteiger partial charge in [0, 0.05) is 0 Å². The standard InChI is InChI=1S/C22H12/c1-2-6-16-10-20-14-22-12-18-8-4-3-7-17(18)11-21(22)13-19(20)9-15(16)5-1/h1-10,13-14H. The van der Waals surface area contributed by atoms with E-state index in [2.05, 4.69) is 72.8 Å². The largest absolute Gasteiger partial charge is 0.0616 e. The summed E-state index contributed by atoms with van der Waals surface area (Å²) in [7, 11) is 0. The molecule has 0 fully saturated rings. The monoisotopic (exact) mass is 276 g/mol. The van der Waals surface area contributed by atoms with Crippen molar-refractivity contribution in [3.05, 3.63) is 84.9 Å². The zero-order chi connectivity index (χ0) is 14.5. The lowest BCUT2D eigenvalue weighted by Gasteiger charge is -2.06. The molecule has 0 aliphatic rings. The molecule has 5 aromatic rings. The van der Waals surface area contributed by atoms with Crippen LogP contribution in [0.1, 0.15) is 0 Å². The SMILES string of the molecule is [c]1c2ccccc2[c]c2cc3cc4ccccc4cc3cc12. The Hall–Kier alpha value is -2.86. The van der Waals surface area contributed by atoms with E-state index in [-0.39, 0.29) is 0 Å². The van der Waals surface area contributed by atoms with Gasteiger partial charge in [-0.25, -0.2) is 0 Å². The maximum Gasteiger partial charge on any atom is -0.00137 e. The van der Waals surface area contributed by atoms with Crippen LogP contribution in [0.25, 0.3) is 43.1 Å². The van der Waals surface area contributed by atoms with Crippen LogP contribution in [0.15, 0.2) is 72.8 Å². The third-order valence-electron chi connectivity index (χ3n) is 4.31. The first-order valence-electron chi connectivity index (χ1n) is 7.46. The first-order chi connectivity index (χ1) is 10.9. The van der Waals surface area contributed by atoms with Crippen LogP contribution in [0.5, 0.6) is 0 Å². The van der Waals surface area contributed by atoms with Crippen LogP contribution >= 0.6 is 0 Å². The number of hydrogen-bond donors (Lipinski definition) is 0. The molecule has 0 unspecified atom stereocenters. The van der Waals surface area contributed by atoms with Gasteiger partial charge in [-0.15, -0.1) is 0 Å². The summed E-state index contributed by atoms with van der Waals surface area (Å²) >= 11 is 0. The molecule has 0 aliphatic carbocycles. The van der Waals surface area contributed by atoms with Crippen molar-refractivity contribution in [1.29, 1.82) is 0 Å². The fraction of sp³-hybridized carbons (Fsp3) is 0. The van der Waals surface area contributed by atoms with Gasteiger partial charge in [0.05, 0.1) is 0 Å². The molecule has 0 nitrogen and oxygen atoms in total. The molecule has 0 aliphatic heterocycles. The molecular weight excluding hydrogens is 264 g/mol. The summed E-state index contributed by atoms with van der Waals surface area (Å²) in [4.78, 5) is 0. The second kappa shape index (κ2) is 4.32. The fourth-order valence-corrected chi connectivity index (χ4v) is 3.19. The van der Waals surface area contributed by atoms with E-state index in [9.17, 15) is 0 Å². The molecule has 5 rings (SSSR count). The Kier molecular flexibility index (Phi) is 2.31. The molecule has 0 bridgehead atoms. The quantitative estimate of drug-likeness (QED) is 0.309. The van der Waals surface area contributed by atoms with E-state index >= 15 is 0 Å². The lowest BCUT2D eigenvalue weighted by Crippen LogP contribution is -1.81. The average molecular weight is 276 g/mol. The van der Waals surface area contributed by atoms with E-state index in [4.69, 9.17) is 0 Å². The van der Waals surface area contributed by atoms with Crippen LogP contribution in [0.3, 0.4) is 0 Å². The van der Waals surface area contributed by atoms with Gasteiger partial charge in [0.25, 0.3) is 0 Å². The lowest BCUT2D eigenvalue weighted by molar-refractivity contribution is 1.77. The summed E-state index contributed by atoms with van der Waals surface area (Å²) < 4.78 is 0. The minimum atomic E-state index is 1.12. The highest BCUT2D eigenvalue weighted by Crippen LogP contribution is 2.29. The van der Waals surface area contributed by atoms with E-state index in [1.54, 1.807) is 0 Å². The zero-order valence-electron chi connectivity index (χ0n) is 11.9. The molecule has 0 heterocycles. The van der Waals surface area contributed by atoms with E-state index in [0.29, 0.717) is 0 Å². The Morgan fingerprint density at radius 1 is 0.409 bits per heavy atom. The van der Waals surface area contributed by atoms with Crippen LogP contribution < -0.4 is 0 Å². The molecule has 100 valence electrons. The Balaban J connectivity index is 1.93. The fourth-order valence-electron chi connectivity index (χ4n) is 3.19. The minimum absolute atomic E-state index is 1.12. The molecule has 0 atom stereocenters. The summed E-state index contributed by atoms with van der Waals surface area (Å²) in [5.74, 6) is 0. The van der Waals surface area contributed by atoms with E-state index < -0.39 is 0 Å². The van der Waals surface area contributed by atoms with Crippen molar-refractivity contribution in [1.82, 2.24) is 0 Å². The van der Waals surface area contributed by atoms with Gasteiger partial charge in [0.2, 0.25) is 0 Å². The van der Waals surface area contributed by atoms with Gasteiger partial charge < -0.3 is 0 Å². The first-order valence-corrected chi connectivity index (χ1v) is 7.46. The summed E-state index contributed by atoms with van der Waals surface area (Å²) in [5, 5.41) is 9.56. The van der Waals surface area contributed by atoms with Crippen molar-refractivity contribution < 1.29 is 0 Å². The molecular formula is C22H12. The zero-order valence-corrected chi connectivity index (χ0v) is 11.9. The Morgan fingerprint density at radius 2 is 0.864 bits per heavy atom. The summed E-state index contributed by atoms with van der Waals surface area (Å²) in [6.45, 7) is 0. The van der Waals surface area contributed by atoms with Gasteiger partial charge in [-0.05, 0) is 79.5 Å². The Labute approximate surface area is 128 Å². The molecule has 2 radical (unpaired) electrons. The molecule has 0 aromatic heterocycles. The van der Waals surface area contributed by atoms with E-state index in [0.717, 1.165) is 21.5 Å². The molecule has 0 amide bonds. The lowest BCUT2D eigenvalue weighted by atomic mass is 9.97. The van der Waals surface area contributed by atoms with Crippen LogP contribution in [0, 0.1) is 12.1 Å². The van der Waals surface area contributed by atoms with Crippen molar-refractivity contribution in [2.45, 2.75) is 0 Å². The van der Waals surface area contributed by atoms with Gasteiger partial charge in [-0.2, -0.15) is 0 Å². The highest BCUT2D eigenvalue weighted by Gasteiger charge is 2.03. The highest BCUT2D eigenvalue weighted by atomic mass is 14.1. The van der Waals surface area contributed by atoms with E-state index in [1.807, 2.05) is 12.1 Å². The van der Waals surface area contributed by atoms with Crippen LogP contribution in [-0.4, -0.2) is 0 Å². The number of fused-ring (bicyclic) bond motifs is 4. The molecule has 0 saturated heterocycles. The maximum absolute atomic E-state index is 3.52. The minimum Gasteiger partial charge on any atom is -0.0616 e.